The van der Waals surface area contributed by atoms with Gasteiger partial charge in [-0.25, -0.2) is 0 Å². The molecule has 0 saturated heterocycles. The van der Waals surface area contributed by atoms with Crippen molar-refractivity contribution < 1.29 is 9.84 Å². The van der Waals surface area contributed by atoms with Crippen LogP contribution in [0.1, 0.15) is 5.56 Å². The summed E-state index contributed by atoms with van der Waals surface area (Å²) in [5.41, 5.74) is 0.756. The molecule has 0 aliphatic rings. The third-order valence-corrected chi connectivity index (χ3v) is 2.77. The lowest BCUT2D eigenvalue weighted by Crippen LogP contribution is -1.89. The van der Waals surface area contributed by atoms with E-state index in [1.54, 1.807) is 12.1 Å². The van der Waals surface area contributed by atoms with Crippen LogP contribution in [0.15, 0.2) is 48.5 Å². The van der Waals surface area contributed by atoms with Gasteiger partial charge in [0.2, 0.25) is 0 Å². The van der Waals surface area contributed by atoms with Crippen molar-refractivity contribution in [1.29, 1.82) is 0 Å². The fraction of sp³-hybridized carbons (Fsp3) is 0.0769. The summed E-state index contributed by atoms with van der Waals surface area (Å²) in [6.45, 7) is 0. The van der Waals surface area contributed by atoms with Gasteiger partial charge >= 0.3 is 0 Å². The lowest BCUT2D eigenvalue weighted by atomic mass is 10.2. The van der Waals surface area contributed by atoms with Gasteiger partial charge in [-0.1, -0.05) is 40.2 Å². The summed E-state index contributed by atoms with van der Waals surface area (Å²) in [6.07, 6.45) is 0. The molecule has 2 nitrogen and oxygen atoms in total. The van der Waals surface area contributed by atoms with E-state index in [-0.39, 0.29) is 5.75 Å². The Morgan fingerprint density at radius 2 is 1.75 bits per heavy atom. The largest absolute Gasteiger partial charge is 0.507 e. The Hall–Kier alpha value is -1.48. The van der Waals surface area contributed by atoms with Crippen LogP contribution in [0.4, 0.5) is 0 Å². The number of ether oxygens (including phenoxy) is 1. The molecule has 3 heteroatoms. The van der Waals surface area contributed by atoms with E-state index in [0.29, 0.717) is 11.1 Å². The molecule has 2 aromatic carbocycles. The molecule has 0 atom stereocenters. The smallest absolute Gasteiger partial charge is 0.135 e. The molecular weight excluding hydrogens is 268 g/mol. The Morgan fingerprint density at radius 1 is 1.00 bits per heavy atom. The Bertz CT molecular complexity index is 469. The minimum absolute atomic E-state index is 0.241. The first kappa shape index (κ1) is 11.0. The lowest BCUT2D eigenvalue weighted by Gasteiger charge is -2.10. The predicted molar refractivity (Wildman–Crippen MR) is 67.3 cm³/mol. The Labute approximate surface area is 103 Å². The first-order chi connectivity index (χ1) is 7.81. The van der Waals surface area contributed by atoms with Gasteiger partial charge in [-0.2, -0.15) is 0 Å². The van der Waals surface area contributed by atoms with E-state index in [1.807, 2.05) is 36.4 Å². The van der Waals surface area contributed by atoms with Crippen LogP contribution in [0.5, 0.6) is 17.2 Å². The van der Waals surface area contributed by atoms with Crippen LogP contribution in [0.3, 0.4) is 0 Å². The van der Waals surface area contributed by atoms with Crippen molar-refractivity contribution in [2.24, 2.45) is 0 Å². The van der Waals surface area contributed by atoms with Crippen LogP contribution >= 0.6 is 15.9 Å². The molecule has 0 aromatic heterocycles. The predicted octanol–water partition coefficient (Wildman–Crippen LogP) is 4.08. The molecule has 0 aliphatic carbocycles. The lowest BCUT2D eigenvalue weighted by molar-refractivity contribution is 0.447. The van der Waals surface area contributed by atoms with E-state index < -0.39 is 0 Å². The first-order valence-corrected chi connectivity index (χ1v) is 6.03. The number of rotatable bonds is 3. The second-order valence-electron chi connectivity index (χ2n) is 3.30. The molecule has 2 aromatic rings. The maximum atomic E-state index is 9.66. The number of para-hydroxylation sites is 1. The van der Waals surface area contributed by atoms with Gasteiger partial charge in [-0.3, -0.25) is 0 Å². The SMILES string of the molecule is Oc1cccc(Oc2ccccc2)c1CBr. The van der Waals surface area contributed by atoms with Crippen molar-refractivity contribution in [3.63, 3.8) is 0 Å². The zero-order valence-corrected chi connectivity index (χ0v) is 10.1. The molecule has 0 aliphatic heterocycles. The first-order valence-electron chi connectivity index (χ1n) is 4.91. The molecule has 0 radical (unpaired) electrons. The van der Waals surface area contributed by atoms with Gasteiger partial charge in [-0.05, 0) is 24.3 Å². The summed E-state index contributed by atoms with van der Waals surface area (Å²) in [6, 6.07) is 14.8. The summed E-state index contributed by atoms with van der Waals surface area (Å²) in [7, 11) is 0. The minimum atomic E-state index is 0.241. The highest BCUT2D eigenvalue weighted by molar-refractivity contribution is 9.08. The second-order valence-corrected chi connectivity index (χ2v) is 3.86. The van der Waals surface area contributed by atoms with Crippen LogP contribution in [0.2, 0.25) is 0 Å². The highest BCUT2D eigenvalue weighted by Crippen LogP contribution is 2.32. The summed E-state index contributed by atoms with van der Waals surface area (Å²) >= 11 is 3.33. The summed E-state index contributed by atoms with van der Waals surface area (Å²) in [5.74, 6) is 1.67. The molecule has 0 heterocycles. The van der Waals surface area contributed by atoms with Gasteiger partial charge in [0.25, 0.3) is 0 Å². The van der Waals surface area contributed by atoms with Crippen LogP contribution in [0, 0.1) is 0 Å². The number of phenolic OH excluding ortho intramolecular Hbond substituents is 1. The minimum Gasteiger partial charge on any atom is -0.507 e. The van der Waals surface area contributed by atoms with Gasteiger partial charge in [0, 0.05) is 10.9 Å². The number of benzene rings is 2. The Kier molecular flexibility index (Phi) is 3.47. The Morgan fingerprint density at radius 3 is 2.44 bits per heavy atom. The number of aromatic hydroxyl groups is 1. The molecule has 0 bridgehead atoms. The van der Waals surface area contributed by atoms with Gasteiger partial charge in [-0.15, -0.1) is 0 Å². The molecule has 1 N–H and O–H groups in total. The average molecular weight is 279 g/mol. The van der Waals surface area contributed by atoms with Crippen LogP contribution in [-0.4, -0.2) is 5.11 Å². The highest BCUT2D eigenvalue weighted by Gasteiger charge is 2.07. The van der Waals surface area contributed by atoms with Gasteiger partial charge < -0.3 is 9.84 Å². The van der Waals surface area contributed by atoms with Crippen LogP contribution in [-0.2, 0) is 5.33 Å². The average Bonchev–Trinajstić information content (AvgIpc) is 2.31. The topological polar surface area (TPSA) is 29.5 Å². The molecular formula is C13H11BrO2. The normalized spacial score (nSPS) is 10.1. The van der Waals surface area contributed by atoms with Crippen LogP contribution in [0.25, 0.3) is 0 Å². The molecule has 0 amide bonds. The van der Waals surface area contributed by atoms with E-state index in [0.717, 1.165) is 11.3 Å². The molecule has 2 rings (SSSR count). The summed E-state index contributed by atoms with van der Waals surface area (Å²) < 4.78 is 5.69. The summed E-state index contributed by atoms with van der Waals surface area (Å²) in [5, 5.41) is 10.2. The van der Waals surface area contributed by atoms with E-state index >= 15 is 0 Å². The monoisotopic (exact) mass is 278 g/mol. The molecule has 82 valence electrons. The van der Waals surface area contributed by atoms with E-state index in [9.17, 15) is 5.11 Å². The maximum absolute atomic E-state index is 9.66. The standard InChI is InChI=1S/C13H11BrO2/c14-9-11-12(15)7-4-8-13(11)16-10-5-2-1-3-6-10/h1-8,15H,9H2. The van der Waals surface area contributed by atoms with Crippen molar-refractivity contribution in [1.82, 2.24) is 0 Å². The van der Waals surface area contributed by atoms with Crippen molar-refractivity contribution in [3.8, 4) is 17.2 Å². The van der Waals surface area contributed by atoms with Crippen molar-refractivity contribution in [3.05, 3.63) is 54.1 Å². The number of halogens is 1. The number of alkyl halides is 1. The highest BCUT2D eigenvalue weighted by atomic mass is 79.9. The number of hydrogen-bond acceptors (Lipinski definition) is 2. The fourth-order valence-electron chi connectivity index (χ4n) is 1.40. The van der Waals surface area contributed by atoms with Gasteiger partial charge in [0.1, 0.15) is 17.2 Å². The maximum Gasteiger partial charge on any atom is 0.135 e. The third kappa shape index (κ3) is 2.36. The molecule has 0 saturated carbocycles. The summed E-state index contributed by atoms with van der Waals surface area (Å²) in [4.78, 5) is 0. The molecule has 16 heavy (non-hydrogen) atoms. The number of hydrogen-bond donors (Lipinski definition) is 1. The van der Waals surface area contributed by atoms with Gasteiger partial charge in [0.05, 0.1) is 0 Å². The van der Waals surface area contributed by atoms with Crippen LogP contribution < -0.4 is 4.74 Å². The van der Waals surface area contributed by atoms with E-state index in [2.05, 4.69) is 15.9 Å². The van der Waals surface area contributed by atoms with Crippen molar-refractivity contribution in [2.75, 3.05) is 0 Å². The van der Waals surface area contributed by atoms with Crippen molar-refractivity contribution in [2.45, 2.75) is 5.33 Å². The Balaban J connectivity index is 2.31. The number of phenols is 1. The van der Waals surface area contributed by atoms with E-state index in [1.165, 1.54) is 0 Å². The zero-order chi connectivity index (χ0) is 11.4. The quantitative estimate of drug-likeness (QED) is 0.858. The van der Waals surface area contributed by atoms with Crippen molar-refractivity contribution >= 4 is 15.9 Å². The molecule has 0 spiro atoms. The molecule has 0 unspecified atom stereocenters. The van der Waals surface area contributed by atoms with E-state index in [4.69, 9.17) is 4.74 Å². The zero-order valence-electron chi connectivity index (χ0n) is 8.56. The van der Waals surface area contributed by atoms with Gasteiger partial charge in [0.15, 0.2) is 0 Å². The third-order valence-electron chi connectivity index (χ3n) is 2.21. The fourth-order valence-corrected chi connectivity index (χ4v) is 1.96. The molecule has 0 fully saturated rings. The second kappa shape index (κ2) is 5.03.